The van der Waals surface area contributed by atoms with E-state index >= 15 is 0 Å². The fourth-order valence-electron chi connectivity index (χ4n) is 22.8. The van der Waals surface area contributed by atoms with Gasteiger partial charge in [-0.3, -0.25) is 44.5 Å². The highest BCUT2D eigenvalue weighted by molar-refractivity contribution is 5.91. The minimum Gasteiger partial charge on any atom is -0.478 e. The Labute approximate surface area is 885 Å². The van der Waals surface area contributed by atoms with E-state index in [0.717, 1.165) is 227 Å². The summed E-state index contributed by atoms with van der Waals surface area (Å²) in [5, 5.41) is 34.4. The molecule has 0 bridgehead atoms. The molecule has 8 saturated carbocycles. The summed E-state index contributed by atoms with van der Waals surface area (Å²) < 4.78 is 53.8. The summed E-state index contributed by atoms with van der Waals surface area (Å²) >= 11 is 0. The predicted octanol–water partition coefficient (Wildman–Crippen LogP) is 21.4. The molecule has 0 radical (unpaired) electrons. The van der Waals surface area contributed by atoms with Gasteiger partial charge < -0.3 is 82.1 Å². The standard InChI is InChI=1S/C22H28N2O3.C16H29NO3.2C15H22N2O3.C13H22O4.C12H18O4.C11H18O3.C10H20N2O.ClH/c1-16(25)13-22(3)11-9-19(10-12-22)24-17(2)20(14-23-24)21(26)27-15-18-7-5-4-6-8-18;1-12(18)10-16(5)8-6-13(7-9-16)17-11-14(19)20-15(2,3)4;2*1-10(18)8-15(3)6-4-12(5-7-15)17-11(2)13(9-16-17)14(19)20;1-3-15-11(14)10-12(2)4-6-13(7-5-12)16-8-9-17-13;1-2-14-11(13)9-10-3-5-12(6-4-10)15-7-8-16-12;1-3-14-10(13)8-11(2)6-4-9(12)5-7-11;1-8(13)7-10(2)5-3-9(12-11)4-6-10;/h4-8,14,19H,9-13,15H2,1-3H3;13,17H,6-11H2,1-5H3;2*9,12H,4-8H2,1-3H3,(H,19,20);3-10H2,1-2H3;9H,2-8H2,1H3;3-8H2,1-2H3;9,12H,3-7,11H2,1-2H3;1H. The zero-order valence-corrected chi connectivity index (χ0v) is 93.9. The van der Waals surface area contributed by atoms with Crippen LogP contribution >= 0.6 is 12.4 Å². The summed E-state index contributed by atoms with van der Waals surface area (Å²) in [5.41, 5.74) is 8.59. The van der Waals surface area contributed by atoms with Crippen molar-refractivity contribution in [3.63, 3.8) is 0 Å². The third-order valence-corrected chi connectivity index (χ3v) is 31.4. The van der Waals surface area contributed by atoms with Crippen molar-refractivity contribution in [2.75, 3.05) is 52.8 Å². The Hall–Kier alpha value is -9.09. The van der Waals surface area contributed by atoms with Crippen LogP contribution in [-0.2, 0) is 97.2 Å². The maximum absolute atomic E-state index is 12.4. The van der Waals surface area contributed by atoms with Crippen molar-refractivity contribution in [1.29, 1.82) is 0 Å². The maximum atomic E-state index is 12.4. The van der Waals surface area contributed by atoms with Crippen LogP contribution in [0.4, 0.5) is 0 Å². The van der Waals surface area contributed by atoms with Crippen molar-refractivity contribution in [3.05, 3.63) is 99.9 Å². The first-order chi connectivity index (χ1) is 69.0. The summed E-state index contributed by atoms with van der Waals surface area (Å²) in [7, 11) is 0. The molecule has 33 nitrogen and oxygen atoms in total. The van der Waals surface area contributed by atoms with Crippen LogP contribution in [0.1, 0.15) is 447 Å². The highest BCUT2D eigenvalue weighted by Crippen LogP contribution is 2.50. The lowest BCUT2D eigenvalue weighted by Crippen LogP contribution is -2.41. The molecule has 10 aliphatic rings. The number of carboxylic acid groups (broad SMARTS) is 2. The molecule has 5 heterocycles. The Morgan fingerprint density at radius 3 is 1.06 bits per heavy atom. The van der Waals surface area contributed by atoms with Gasteiger partial charge in [0.25, 0.3) is 0 Å². The number of aromatic carboxylic acids is 2. The van der Waals surface area contributed by atoms with Gasteiger partial charge in [0, 0.05) is 88.8 Å². The molecular formula is C114H180ClN9O24. The Morgan fingerprint density at radius 2 is 0.736 bits per heavy atom. The number of ether oxygens (including phenoxy) is 9. The molecule has 2 aliphatic heterocycles. The Kier molecular flexibility index (Phi) is 51.1. The monoisotopic (exact) mass is 2090 g/mol. The SMILES string of the molecule is CC(=O)CC1(C)CCC(NCC(=O)OC(C)(C)C)CC1.CC(=O)CC1(C)CCC(NN)CC1.CC(=O)CC1(C)CCC(n2ncc(C(=O)O)c2C)CC1.CC(=O)CC1(C)CCC(n2ncc(C(=O)O)c2C)CC1.CC(=O)CC1(C)CCC(n2ncc(C(=O)OCc3ccccc3)c2C)CC1.CCOC(=O)C=C1CCC2(CC1)OCCO2.CCOC(=O)CC1(C)CCC(=O)CC1.CCOC(=O)CC1(C)CCC2(CC1)OCCO2.Cl. The normalized spacial score (nSPS) is 26.1. The number of Topliss-reactive ketones (excluding diaryl/α,β-unsaturated/α-hetero) is 6. The number of nitrogens with two attached hydrogens (primary N) is 1. The van der Waals surface area contributed by atoms with E-state index in [1.54, 1.807) is 60.7 Å². The predicted molar refractivity (Wildman–Crippen MR) is 566 cm³/mol. The minimum atomic E-state index is -0.925. The third-order valence-electron chi connectivity index (χ3n) is 31.4. The number of allylic oxidation sites excluding steroid dienone is 1. The van der Waals surface area contributed by atoms with E-state index in [4.69, 9.17) is 58.7 Å². The average Bonchev–Trinajstić information content (AvgIpc) is 1.51. The molecule has 0 amide bonds. The van der Waals surface area contributed by atoms with Crippen LogP contribution in [0.3, 0.4) is 0 Å². The molecule has 3 aromatic heterocycles. The van der Waals surface area contributed by atoms with E-state index in [-0.39, 0.29) is 157 Å². The van der Waals surface area contributed by atoms with Gasteiger partial charge in [0.15, 0.2) is 11.6 Å². The van der Waals surface area contributed by atoms with E-state index < -0.39 is 17.5 Å². The summed E-state index contributed by atoms with van der Waals surface area (Å²) in [5.74, 6) is 3.50. The van der Waals surface area contributed by atoms with Gasteiger partial charge in [0.2, 0.25) is 0 Å². The van der Waals surface area contributed by atoms with E-state index in [2.05, 4.69) is 74.5 Å². The lowest BCUT2D eigenvalue weighted by atomic mass is 9.71. The lowest BCUT2D eigenvalue weighted by Gasteiger charge is -2.41. The molecule has 4 aromatic rings. The smallest absolute Gasteiger partial charge is 0.341 e. The van der Waals surface area contributed by atoms with Gasteiger partial charge >= 0.3 is 41.8 Å². The van der Waals surface area contributed by atoms with Gasteiger partial charge in [-0.1, -0.05) is 84.4 Å². The second-order valence-corrected chi connectivity index (χ2v) is 46.7. The number of nitrogens with zero attached hydrogens (tertiary/aromatic N) is 6. The number of benzene rings is 1. The van der Waals surface area contributed by atoms with Gasteiger partial charge in [0.1, 0.15) is 63.6 Å². The van der Waals surface area contributed by atoms with Crippen LogP contribution < -0.4 is 16.6 Å². The number of rotatable bonds is 30. The summed E-state index contributed by atoms with van der Waals surface area (Å²) in [6.07, 6.45) is 40.6. The van der Waals surface area contributed by atoms with Crippen LogP contribution in [0, 0.1) is 58.7 Å². The molecule has 1 aromatic carbocycles. The van der Waals surface area contributed by atoms with Gasteiger partial charge in [-0.2, -0.15) is 15.3 Å². The summed E-state index contributed by atoms with van der Waals surface area (Å²) in [4.78, 5) is 148. The molecule has 148 heavy (non-hydrogen) atoms. The van der Waals surface area contributed by atoms with Crippen LogP contribution in [0.5, 0.6) is 0 Å². The van der Waals surface area contributed by atoms with Crippen molar-refractivity contribution >= 4 is 88.9 Å². The molecule has 0 atom stereocenters. The molecule has 0 unspecified atom stereocenters. The lowest BCUT2D eigenvalue weighted by molar-refractivity contribution is -0.192. The van der Waals surface area contributed by atoms with E-state index in [1.165, 1.54) is 12.4 Å². The average molecular weight is 2100 g/mol. The van der Waals surface area contributed by atoms with Crippen molar-refractivity contribution in [1.82, 2.24) is 40.1 Å². The van der Waals surface area contributed by atoms with E-state index in [1.807, 2.05) is 92.8 Å². The van der Waals surface area contributed by atoms with Crippen molar-refractivity contribution in [3.8, 4) is 0 Å². The number of ketones is 6. The Balaban J connectivity index is 0.000000260. The number of halogens is 1. The Bertz CT molecular complexity index is 4840. The van der Waals surface area contributed by atoms with E-state index in [9.17, 15) is 62.3 Å². The Morgan fingerprint density at radius 1 is 0.419 bits per heavy atom. The molecule has 14 rings (SSSR count). The van der Waals surface area contributed by atoms with Crippen LogP contribution in [-0.4, -0.2) is 198 Å². The number of esters is 5. The molecule has 8 aliphatic carbocycles. The topological polar surface area (TPSA) is 449 Å². The first kappa shape index (κ1) is 128. The fourth-order valence-corrected chi connectivity index (χ4v) is 22.8. The van der Waals surface area contributed by atoms with Gasteiger partial charge in [-0.05, 0) is 307 Å². The number of hydrazine groups is 1. The molecule has 832 valence electrons. The first-order valence-corrected chi connectivity index (χ1v) is 54.0. The summed E-state index contributed by atoms with van der Waals surface area (Å²) in [6.45, 7) is 44.7. The second kappa shape index (κ2) is 59.2. The fraction of sp³-hybridized carbons (Fsp3) is 0.737. The summed E-state index contributed by atoms with van der Waals surface area (Å²) in [6, 6.07) is 11.3. The van der Waals surface area contributed by atoms with Gasteiger partial charge in [-0.15, -0.1) is 12.4 Å². The zero-order valence-electron chi connectivity index (χ0n) is 93.1. The quantitative estimate of drug-likeness (QED) is 0.0106. The van der Waals surface area contributed by atoms with Crippen molar-refractivity contribution < 1.29 is 115 Å². The highest BCUT2D eigenvalue weighted by atomic mass is 35.5. The van der Waals surface area contributed by atoms with Crippen molar-refractivity contribution in [2.45, 2.75) is 450 Å². The number of carbonyl (C=O) groups is 13. The highest BCUT2D eigenvalue weighted by Gasteiger charge is 2.47. The van der Waals surface area contributed by atoms with Crippen molar-refractivity contribution in [2.24, 2.45) is 43.7 Å². The molecule has 2 saturated heterocycles. The third kappa shape index (κ3) is 42.9. The van der Waals surface area contributed by atoms with Gasteiger partial charge in [-0.25, -0.2) is 19.2 Å². The number of nitrogens with one attached hydrogen (secondary N) is 2. The van der Waals surface area contributed by atoms with Gasteiger partial charge in [0.05, 0.1) is 119 Å². The molecule has 6 N–H and O–H groups in total. The van der Waals surface area contributed by atoms with Crippen LogP contribution in [0.15, 0.2) is 60.6 Å². The minimum absolute atomic E-state index is 0. The number of hydrogen-bond acceptors (Lipinski definition) is 28. The molecule has 10 fully saturated rings. The zero-order chi connectivity index (χ0) is 109. The van der Waals surface area contributed by atoms with E-state index in [0.29, 0.717) is 127 Å². The second-order valence-electron chi connectivity index (χ2n) is 46.7. The maximum Gasteiger partial charge on any atom is 0.341 e. The number of carbonyl (C=O) groups excluding carboxylic acids is 11. The molecule has 2 spiro atoms. The number of carboxylic acids is 2. The number of hydrogen-bond donors (Lipinski definition) is 5. The largest absolute Gasteiger partial charge is 0.478 e. The molecular weight excluding hydrogens is 1910 g/mol. The first-order valence-electron chi connectivity index (χ1n) is 54.0. The molecule has 34 heteroatoms. The van der Waals surface area contributed by atoms with Crippen LogP contribution in [0.25, 0.3) is 0 Å². The van der Waals surface area contributed by atoms with Crippen LogP contribution in [0.2, 0.25) is 0 Å². The number of aromatic nitrogens is 6.